The molecule has 0 spiro atoms. The van der Waals surface area contributed by atoms with E-state index in [1.54, 1.807) is 6.92 Å². The van der Waals surface area contributed by atoms with Crippen molar-refractivity contribution in [1.82, 2.24) is 10.2 Å². The third kappa shape index (κ3) is 7.79. The minimum atomic E-state index is -4.25. The van der Waals surface area contributed by atoms with Crippen molar-refractivity contribution in [3.8, 4) is 5.75 Å². The van der Waals surface area contributed by atoms with Crippen molar-refractivity contribution in [3.63, 3.8) is 0 Å². The highest BCUT2D eigenvalue weighted by atomic mass is 32.2. The van der Waals surface area contributed by atoms with Gasteiger partial charge in [0.05, 0.1) is 17.2 Å². The molecule has 3 aromatic carbocycles. The number of nitrogens with zero attached hydrogens (tertiary/aromatic N) is 2. The van der Waals surface area contributed by atoms with E-state index >= 15 is 0 Å². The number of hydrogen-bond acceptors (Lipinski definition) is 5. The highest BCUT2D eigenvalue weighted by Crippen LogP contribution is 2.26. The summed E-state index contributed by atoms with van der Waals surface area (Å²) >= 11 is 0. The monoisotopic (exact) mass is 555 g/mol. The second-order valence-corrected chi connectivity index (χ2v) is 10.7. The molecule has 1 atom stereocenters. The second-order valence-electron chi connectivity index (χ2n) is 8.87. The standard InChI is InChI=1S/C29H34FN3O5S/c1-4-19-31-29(35)22(3)32(20-23-9-7-6-8-10-23)28(34)21-33(25-13-11-24(30)12-14-25)39(36,37)27-17-15-26(16-18-27)38-5-2/h6-18,22H,4-5,19-21H2,1-3H3,(H,31,35). The van der Waals surface area contributed by atoms with Gasteiger partial charge in [-0.05, 0) is 74.4 Å². The van der Waals surface area contributed by atoms with Gasteiger partial charge < -0.3 is 15.0 Å². The number of hydrogen-bond donors (Lipinski definition) is 1. The van der Waals surface area contributed by atoms with Crippen LogP contribution in [0.1, 0.15) is 32.8 Å². The summed E-state index contributed by atoms with van der Waals surface area (Å²) in [5.41, 5.74) is 0.894. The number of benzene rings is 3. The number of amides is 2. The summed E-state index contributed by atoms with van der Waals surface area (Å²) in [5, 5.41) is 2.80. The van der Waals surface area contributed by atoms with E-state index in [2.05, 4.69) is 5.32 Å². The number of rotatable bonds is 13. The summed E-state index contributed by atoms with van der Waals surface area (Å²) < 4.78 is 47.6. The Morgan fingerprint density at radius 1 is 0.949 bits per heavy atom. The minimum Gasteiger partial charge on any atom is -0.494 e. The quantitative estimate of drug-likeness (QED) is 0.338. The first-order valence-electron chi connectivity index (χ1n) is 12.8. The van der Waals surface area contributed by atoms with Crippen LogP contribution in [0.4, 0.5) is 10.1 Å². The van der Waals surface area contributed by atoms with E-state index in [-0.39, 0.29) is 23.0 Å². The Balaban J connectivity index is 1.99. The first-order chi connectivity index (χ1) is 18.7. The van der Waals surface area contributed by atoms with Crippen molar-refractivity contribution < 1.29 is 27.1 Å². The second kappa shape index (κ2) is 13.7. The Morgan fingerprint density at radius 3 is 2.18 bits per heavy atom. The molecule has 208 valence electrons. The maximum Gasteiger partial charge on any atom is 0.264 e. The molecular formula is C29H34FN3O5S. The van der Waals surface area contributed by atoms with Gasteiger partial charge in [-0.3, -0.25) is 13.9 Å². The van der Waals surface area contributed by atoms with Gasteiger partial charge >= 0.3 is 0 Å². The zero-order chi connectivity index (χ0) is 28.4. The molecule has 3 aromatic rings. The van der Waals surface area contributed by atoms with E-state index in [1.807, 2.05) is 44.2 Å². The lowest BCUT2D eigenvalue weighted by molar-refractivity contribution is -0.139. The van der Waals surface area contributed by atoms with Crippen molar-refractivity contribution in [2.45, 2.75) is 44.7 Å². The lowest BCUT2D eigenvalue weighted by Gasteiger charge is -2.32. The average Bonchev–Trinajstić information content (AvgIpc) is 2.94. The number of ether oxygens (including phenoxy) is 1. The first-order valence-corrected chi connectivity index (χ1v) is 14.2. The molecule has 3 rings (SSSR count). The maximum atomic E-state index is 13.8. The molecule has 0 aliphatic rings. The number of anilines is 1. The Labute approximate surface area is 229 Å². The molecule has 2 amide bonds. The topological polar surface area (TPSA) is 96.0 Å². The van der Waals surface area contributed by atoms with E-state index in [0.717, 1.165) is 28.4 Å². The molecule has 0 saturated heterocycles. The van der Waals surface area contributed by atoms with Crippen molar-refractivity contribution in [2.24, 2.45) is 0 Å². The van der Waals surface area contributed by atoms with E-state index in [0.29, 0.717) is 18.9 Å². The first kappa shape index (κ1) is 29.6. The largest absolute Gasteiger partial charge is 0.494 e. The van der Waals surface area contributed by atoms with Crippen LogP contribution in [0.5, 0.6) is 5.75 Å². The highest BCUT2D eigenvalue weighted by molar-refractivity contribution is 7.92. The molecule has 0 aliphatic carbocycles. The van der Waals surface area contributed by atoms with Gasteiger partial charge in [0.15, 0.2) is 0 Å². The van der Waals surface area contributed by atoms with Crippen molar-refractivity contribution in [2.75, 3.05) is 24.0 Å². The summed E-state index contributed by atoms with van der Waals surface area (Å²) in [6.45, 7) is 5.71. The molecule has 8 nitrogen and oxygen atoms in total. The predicted molar refractivity (Wildman–Crippen MR) is 148 cm³/mol. The Morgan fingerprint density at radius 2 is 1.59 bits per heavy atom. The van der Waals surface area contributed by atoms with Gasteiger partial charge in [-0.25, -0.2) is 12.8 Å². The van der Waals surface area contributed by atoms with Crippen LogP contribution in [-0.4, -0.2) is 50.9 Å². The van der Waals surface area contributed by atoms with Crippen LogP contribution in [0.2, 0.25) is 0 Å². The third-order valence-electron chi connectivity index (χ3n) is 6.03. The smallest absolute Gasteiger partial charge is 0.264 e. The van der Waals surface area contributed by atoms with Crippen LogP contribution in [0.3, 0.4) is 0 Å². The van der Waals surface area contributed by atoms with Crippen LogP contribution in [0.15, 0.2) is 83.8 Å². The Kier molecular flexibility index (Phi) is 10.4. The number of carbonyl (C=O) groups is 2. The summed E-state index contributed by atoms with van der Waals surface area (Å²) in [6, 6.07) is 19.0. The SMILES string of the molecule is CCCNC(=O)C(C)N(Cc1ccccc1)C(=O)CN(c1ccc(F)cc1)S(=O)(=O)c1ccc(OCC)cc1. The molecule has 0 aliphatic heterocycles. The van der Waals surface area contributed by atoms with Crippen LogP contribution >= 0.6 is 0 Å². The van der Waals surface area contributed by atoms with Gasteiger partial charge in [0.2, 0.25) is 11.8 Å². The lowest BCUT2D eigenvalue weighted by Crippen LogP contribution is -2.51. The van der Waals surface area contributed by atoms with Crippen molar-refractivity contribution >= 4 is 27.5 Å². The average molecular weight is 556 g/mol. The molecule has 0 saturated carbocycles. The molecule has 0 fully saturated rings. The van der Waals surface area contributed by atoms with Gasteiger partial charge in [-0.2, -0.15) is 0 Å². The summed E-state index contributed by atoms with van der Waals surface area (Å²) in [4.78, 5) is 27.9. The molecule has 0 aromatic heterocycles. The zero-order valence-corrected chi connectivity index (χ0v) is 23.2. The molecule has 39 heavy (non-hydrogen) atoms. The van der Waals surface area contributed by atoms with E-state index in [1.165, 1.54) is 41.3 Å². The molecular weight excluding hydrogens is 521 g/mol. The normalized spacial score (nSPS) is 11.9. The van der Waals surface area contributed by atoms with E-state index in [4.69, 9.17) is 4.74 Å². The number of nitrogens with one attached hydrogen (secondary N) is 1. The molecule has 0 bridgehead atoms. The van der Waals surface area contributed by atoms with E-state index < -0.39 is 34.3 Å². The van der Waals surface area contributed by atoms with Crippen LogP contribution in [0.25, 0.3) is 0 Å². The summed E-state index contributed by atoms with van der Waals surface area (Å²) in [7, 11) is -4.25. The summed E-state index contributed by atoms with van der Waals surface area (Å²) in [5.74, 6) is -0.974. The number of halogens is 1. The van der Waals surface area contributed by atoms with Crippen molar-refractivity contribution in [1.29, 1.82) is 0 Å². The van der Waals surface area contributed by atoms with Gasteiger partial charge in [-0.1, -0.05) is 37.3 Å². The van der Waals surface area contributed by atoms with Crippen LogP contribution in [-0.2, 0) is 26.2 Å². The molecule has 1 unspecified atom stereocenters. The van der Waals surface area contributed by atoms with Crippen molar-refractivity contribution in [3.05, 3.63) is 90.2 Å². The lowest BCUT2D eigenvalue weighted by atomic mass is 10.1. The highest BCUT2D eigenvalue weighted by Gasteiger charge is 2.32. The molecule has 0 radical (unpaired) electrons. The third-order valence-corrected chi connectivity index (χ3v) is 7.82. The molecule has 10 heteroatoms. The van der Waals surface area contributed by atoms with E-state index in [9.17, 15) is 22.4 Å². The predicted octanol–water partition coefficient (Wildman–Crippen LogP) is 4.36. The number of sulfonamides is 1. The van der Waals surface area contributed by atoms with Gasteiger partial charge in [0.1, 0.15) is 24.2 Å². The minimum absolute atomic E-state index is 0.0635. The van der Waals surface area contributed by atoms with Gasteiger partial charge in [0.25, 0.3) is 10.0 Å². The summed E-state index contributed by atoms with van der Waals surface area (Å²) in [6.07, 6.45) is 0.726. The fraction of sp³-hybridized carbons (Fsp3) is 0.310. The maximum absolute atomic E-state index is 13.8. The molecule has 1 N–H and O–H groups in total. The van der Waals surface area contributed by atoms with Crippen LogP contribution < -0.4 is 14.4 Å². The Bertz CT molecular complexity index is 1330. The fourth-order valence-corrected chi connectivity index (χ4v) is 5.31. The zero-order valence-electron chi connectivity index (χ0n) is 22.3. The van der Waals surface area contributed by atoms with Gasteiger partial charge in [0, 0.05) is 13.1 Å². The van der Waals surface area contributed by atoms with Gasteiger partial charge in [-0.15, -0.1) is 0 Å². The van der Waals surface area contributed by atoms with Crippen LogP contribution in [0, 0.1) is 5.82 Å². The fourth-order valence-electron chi connectivity index (χ4n) is 3.90. The Hall–Kier alpha value is -3.92. The number of carbonyl (C=O) groups excluding carboxylic acids is 2. The molecule has 0 heterocycles.